The fourth-order valence-electron chi connectivity index (χ4n) is 5.18. The van der Waals surface area contributed by atoms with Crippen molar-refractivity contribution in [2.75, 3.05) is 11.1 Å². The van der Waals surface area contributed by atoms with Crippen LogP contribution in [0.1, 0.15) is 66.2 Å². The Kier molecular flexibility index (Phi) is 7.91. The molecule has 0 fully saturated rings. The normalized spacial score (nSPS) is 11.3. The van der Waals surface area contributed by atoms with Crippen LogP contribution in [0.4, 0.5) is 15.9 Å². The topological polar surface area (TPSA) is 90.0 Å². The minimum absolute atomic E-state index is 0.0548. The van der Waals surface area contributed by atoms with Crippen LogP contribution in [0.25, 0.3) is 32.8 Å². The van der Waals surface area contributed by atoms with Gasteiger partial charge in [0.2, 0.25) is 5.91 Å². The number of amides is 1. The fraction of sp³-hybridized carbons (Fsp3) is 0.242. The van der Waals surface area contributed by atoms with E-state index in [4.69, 9.17) is 5.73 Å². The molecule has 1 heterocycles. The van der Waals surface area contributed by atoms with Crippen molar-refractivity contribution in [2.45, 2.75) is 52.4 Å². The minimum atomic E-state index is -0.316. The molecule has 0 bridgehead atoms. The number of unbranched alkanes of at least 4 members (excludes halogenated alkanes) is 4. The van der Waals surface area contributed by atoms with Crippen LogP contribution in [0.2, 0.25) is 0 Å². The highest BCUT2D eigenvalue weighted by Gasteiger charge is 2.18. The number of carbonyl (C=O) groups is 2. The molecule has 204 valence electrons. The maximum Gasteiger partial charge on any atom is 0.256 e. The van der Waals surface area contributed by atoms with E-state index < -0.39 is 0 Å². The molecule has 0 spiro atoms. The highest BCUT2D eigenvalue weighted by molar-refractivity contribution is 6.14. The molecule has 0 saturated carbocycles. The van der Waals surface area contributed by atoms with Gasteiger partial charge in [-0.3, -0.25) is 9.59 Å². The smallest absolute Gasteiger partial charge is 0.256 e. The molecule has 7 heteroatoms. The first-order valence-corrected chi connectivity index (χ1v) is 13.8. The van der Waals surface area contributed by atoms with Crippen LogP contribution >= 0.6 is 0 Å². The maximum absolute atomic E-state index is 13.7. The summed E-state index contributed by atoms with van der Waals surface area (Å²) in [6.45, 7) is 3.83. The molecule has 4 aromatic carbocycles. The second kappa shape index (κ2) is 11.7. The SMILES string of the molecule is CCCCCCCC(=O)n1nc(N)c2c(-c3ccc4c(C(=O)Nc5ccc(F)c(C)c5)cccc4c3)cccc21. The Morgan fingerprint density at radius 2 is 1.75 bits per heavy atom. The summed E-state index contributed by atoms with van der Waals surface area (Å²) in [5.41, 5.74) is 10.3. The van der Waals surface area contributed by atoms with Gasteiger partial charge in [0.1, 0.15) is 5.82 Å². The van der Waals surface area contributed by atoms with Crippen molar-refractivity contribution in [3.8, 4) is 11.1 Å². The number of carbonyl (C=O) groups excluding carboxylic acids is 2. The maximum atomic E-state index is 13.7. The van der Waals surface area contributed by atoms with Crippen LogP contribution in [-0.2, 0) is 0 Å². The third-order valence-electron chi connectivity index (χ3n) is 7.32. The lowest BCUT2D eigenvalue weighted by Gasteiger charge is -2.11. The van der Waals surface area contributed by atoms with Crippen LogP contribution in [-0.4, -0.2) is 21.6 Å². The molecule has 5 rings (SSSR count). The molecule has 3 N–H and O–H groups in total. The first-order chi connectivity index (χ1) is 19.4. The molecule has 5 aromatic rings. The molecule has 1 amide bonds. The number of benzene rings is 4. The standard InChI is InChI=1S/C33H33FN4O2/c1-3-4-5-6-7-14-30(39)38-29-13-9-11-26(31(29)32(35)37-38)23-15-17-25-22(20-23)10-8-12-27(25)33(40)36-24-16-18-28(34)21(2)19-24/h8-13,15-20H,3-7,14H2,1-2H3,(H2,35,37)(H,36,40). The van der Waals surface area contributed by atoms with E-state index in [1.807, 2.05) is 48.5 Å². The summed E-state index contributed by atoms with van der Waals surface area (Å²) in [7, 11) is 0. The van der Waals surface area contributed by atoms with E-state index >= 15 is 0 Å². The molecule has 40 heavy (non-hydrogen) atoms. The van der Waals surface area contributed by atoms with Crippen LogP contribution in [0, 0.1) is 12.7 Å². The number of nitrogens with one attached hydrogen (secondary N) is 1. The minimum Gasteiger partial charge on any atom is -0.382 e. The number of fused-ring (bicyclic) bond motifs is 2. The van der Waals surface area contributed by atoms with E-state index in [9.17, 15) is 14.0 Å². The van der Waals surface area contributed by atoms with Crippen molar-refractivity contribution in [3.63, 3.8) is 0 Å². The number of hydrogen-bond donors (Lipinski definition) is 2. The van der Waals surface area contributed by atoms with Gasteiger partial charge in [-0.25, -0.2) is 4.39 Å². The molecular formula is C33H33FN4O2. The second-order valence-electron chi connectivity index (χ2n) is 10.2. The number of nitrogens with two attached hydrogens (primary N) is 1. The van der Waals surface area contributed by atoms with Gasteiger partial charge in [0.25, 0.3) is 5.91 Å². The molecule has 0 aliphatic rings. The predicted octanol–water partition coefficient (Wildman–Crippen LogP) is 8.14. The number of aromatic nitrogens is 2. The van der Waals surface area contributed by atoms with Crippen molar-refractivity contribution < 1.29 is 14.0 Å². The van der Waals surface area contributed by atoms with Gasteiger partial charge in [0, 0.05) is 17.7 Å². The zero-order valence-electron chi connectivity index (χ0n) is 22.8. The number of anilines is 2. The van der Waals surface area contributed by atoms with Gasteiger partial charge in [-0.05, 0) is 77.2 Å². The lowest BCUT2D eigenvalue weighted by Crippen LogP contribution is -2.12. The molecule has 0 unspecified atom stereocenters. The summed E-state index contributed by atoms with van der Waals surface area (Å²) in [6.07, 6.45) is 5.77. The Morgan fingerprint density at radius 3 is 2.55 bits per heavy atom. The third-order valence-corrected chi connectivity index (χ3v) is 7.32. The van der Waals surface area contributed by atoms with E-state index in [1.54, 1.807) is 25.1 Å². The monoisotopic (exact) mass is 536 g/mol. The molecule has 0 atom stereocenters. The summed E-state index contributed by atoms with van der Waals surface area (Å²) in [5, 5.41) is 9.69. The van der Waals surface area contributed by atoms with E-state index in [1.165, 1.54) is 17.2 Å². The first-order valence-electron chi connectivity index (χ1n) is 13.8. The average Bonchev–Trinajstić information content (AvgIpc) is 3.30. The Hall–Kier alpha value is -4.52. The van der Waals surface area contributed by atoms with Gasteiger partial charge in [-0.1, -0.05) is 69.0 Å². The number of hydrogen-bond acceptors (Lipinski definition) is 4. The van der Waals surface area contributed by atoms with E-state index in [0.29, 0.717) is 34.6 Å². The molecular weight excluding hydrogens is 503 g/mol. The predicted molar refractivity (Wildman–Crippen MR) is 160 cm³/mol. The average molecular weight is 537 g/mol. The quantitative estimate of drug-likeness (QED) is 0.186. The van der Waals surface area contributed by atoms with E-state index in [0.717, 1.165) is 53.0 Å². The lowest BCUT2D eigenvalue weighted by molar-refractivity contribution is 0.0888. The molecule has 1 aromatic heterocycles. The Morgan fingerprint density at radius 1 is 0.950 bits per heavy atom. The first kappa shape index (κ1) is 27.1. The van der Waals surface area contributed by atoms with Gasteiger partial charge in [0.15, 0.2) is 5.82 Å². The Balaban J connectivity index is 1.44. The summed E-state index contributed by atoms with van der Waals surface area (Å²) in [4.78, 5) is 26.1. The Bertz CT molecular complexity index is 1720. The number of nitrogen functional groups attached to an aromatic ring is 1. The van der Waals surface area contributed by atoms with E-state index in [2.05, 4.69) is 17.3 Å². The number of halogens is 1. The highest BCUT2D eigenvalue weighted by Crippen LogP contribution is 2.35. The van der Waals surface area contributed by atoms with Gasteiger partial charge in [0.05, 0.1) is 10.9 Å². The zero-order chi connectivity index (χ0) is 28.2. The number of aryl methyl sites for hydroxylation is 1. The van der Waals surface area contributed by atoms with Crippen molar-refractivity contribution in [1.82, 2.24) is 9.78 Å². The number of nitrogens with zero attached hydrogens (tertiary/aromatic N) is 2. The van der Waals surface area contributed by atoms with Crippen LogP contribution in [0.15, 0.2) is 72.8 Å². The van der Waals surface area contributed by atoms with Crippen molar-refractivity contribution in [3.05, 3.63) is 89.7 Å². The van der Waals surface area contributed by atoms with Gasteiger partial charge in [-0.15, -0.1) is 5.10 Å². The van der Waals surface area contributed by atoms with Crippen molar-refractivity contribution >= 4 is 45.0 Å². The summed E-state index contributed by atoms with van der Waals surface area (Å²) >= 11 is 0. The van der Waals surface area contributed by atoms with Crippen molar-refractivity contribution in [2.24, 2.45) is 0 Å². The summed E-state index contributed by atoms with van der Waals surface area (Å²) in [5.74, 6) is -0.331. The molecule has 0 aliphatic heterocycles. The molecule has 0 radical (unpaired) electrons. The lowest BCUT2D eigenvalue weighted by atomic mass is 9.96. The highest BCUT2D eigenvalue weighted by atomic mass is 19.1. The largest absolute Gasteiger partial charge is 0.382 e. The molecule has 0 saturated heterocycles. The Labute approximate surface area is 233 Å². The van der Waals surface area contributed by atoms with Gasteiger partial charge < -0.3 is 11.1 Å². The number of rotatable bonds is 9. The summed E-state index contributed by atoms with van der Waals surface area (Å²) in [6, 6.07) is 21.7. The van der Waals surface area contributed by atoms with Crippen LogP contribution < -0.4 is 11.1 Å². The zero-order valence-corrected chi connectivity index (χ0v) is 22.8. The fourth-order valence-corrected chi connectivity index (χ4v) is 5.18. The molecule has 0 aliphatic carbocycles. The molecule has 6 nitrogen and oxygen atoms in total. The van der Waals surface area contributed by atoms with Gasteiger partial charge >= 0.3 is 0 Å². The third kappa shape index (κ3) is 5.45. The summed E-state index contributed by atoms with van der Waals surface area (Å²) < 4.78 is 15.1. The van der Waals surface area contributed by atoms with Gasteiger partial charge in [-0.2, -0.15) is 4.68 Å². The second-order valence-corrected chi connectivity index (χ2v) is 10.2. The van der Waals surface area contributed by atoms with Crippen molar-refractivity contribution in [1.29, 1.82) is 0 Å². The van der Waals surface area contributed by atoms with Crippen LogP contribution in [0.5, 0.6) is 0 Å². The van der Waals surface area contributed by atoms with E-state index in [-0.39, 0.29) is 17.6 Å². The van der Waals surface area contributed by atoms with Crippen LogP contribution in [0.3, 0.4) is 0 Å².